The molecule has 0 aromatic carbocycles. The fourth-order valence-electron chi connectivity index (χ4n) is 3.39. The summed E-state index contributed by atoms with van der Waals surface area (Å²) in [5.41, 5.74) is 0.0111. The van der Waals surface area contributed by atoms with Gasteiger partial charge in [-0.1, -0.05) is 20.8 Å². The molecule has 142 valence electrons. The number of amides is 1. The van der Waals surface area contributed by atoms with Gasteiger partial charge in [-0.3, -0.25) is 9.69 Å². The molecule has 1 fully saturated rings. The highest BCUT2D eigenvalue weighted by Crippen LogP contribution is 2.25. The summed E-state index contributed by atoms with van der Waals surface area (Å²) in [7, 11) is 0. The van der Waals surface area contributed by atoms with Gasteiger partial charge in [0.2, 0.25) is 0 Å². The van der Waals surface area contributed by atoms with E-state index in [0.717, 1.165) is 37.4 Å². The number of hydrogen-bond acceptors (Lipinski definition) is 5. The first-order valence-corrected chi connectivity index (χ1v) is 9.42. The molecule has 1 amide bonds. The van der Waals surface area contributed by atoms with Gasteiger partial charge in [-0.15, -0.1) is 0 Å². The van der Waals surface area contributed by atoms with Crippen LogP contribution in [0.1, 0.15) is 61.9 Å². The van der Waals surface area contributed by atoms with Gasteiger partial charge >= 0.3 is 0 Å². The van der Waals surface area contributed by atoms with Gasteiger partial charge in [-0.05, 0) is 38.4 Å². The van der Waals surface area contributed by atoms with E-state index in [4.69, 9.17) is 4.42 Å². The number of aryl methyl sites for hydroxylation is 1. The van der Waals surface area contributed by atoms with E-state index < -0.39 is 5.60 Å². The van der Waals surface area contributed by atoms with Crippen molar-refractivity contribution in [2.45, 2.75) is 58.6 Å². The maximum atomic E-state index is 12.8. The molecule has 2 heterocycles. The first-order valence-electron chi connectivity index (χ1n) is 9.42. The van der Waals surface area contributed by atoms with Crippen LogP contribution >= 0.6 is 0 Å². The molecule has 1 atom stereocenters. The fraction of sp³-hybridized carbons (Fsp3) is 0.737. The van der Waals surface area contributed by atoms with Crippen LogP contribution in [-0.2, 0) is 13.0 Å². The Kier molecular flexibility index (Phi) is 7.04. The van der Waals surface area contributed by atoms with Crippen molar-refractivity contribution in [2.75, 3.05) is 32.8 Å². The van der Waals surface area contributed by atoms with E-state index in [2.05, 4.69) is 18.7 Å². The van der Waals surface area contributed by atoms with Crippen LogP contribution in [-0.4, -0.2) is 64.3 Å². The lowest BCUT2D eigenvalue weighted by atomic mass is 9.96. The molecule has 1 aliphatic heterocycles. The Labute approximate surface area is 150 Å². The Hall–Kier alpha value is -1.37. The van der Waals surface area contributed by atoms with Crippen molar-refractivity contribution in [1.82, 2.24) is 9.80 Å². The zero-order valence-electron chi connectivity index (χ0n) is 15.8. The standard InChI is InChI=1S/C19H32N2O4/c1-4-16-15(13-20(5-2)6-3)12-17(25-16)18(23)21-10-7-8-19(24,14-22)9-11-21/h12,22,24H,4-11,13-14H2,1-3H3/t19-/m0/s1. The second kappa shape index (κ2) is 8.83. The van der Waals surface area contributed by atoms with Gasteiger partial charge in [0, 0.05) is 31.6 Å². The fourth-order valence-corrected chi connectivity index (χ4v) is 3.39. The Bertz CT molecular complexity index is 568. The van der Waals surface area contributed by atoms with Crippen LogP contribution in [0.2, 0.25) is 0 Å². The summed E-state index contributed by atoms with van der Waals surface area (Å²) in [5, 5.41) is 19.6. The topological polar surface area (TPSA) is 77.2 Å². The number of rotatable bonds is 7. The molecule has 1 aromatic heterocycles. The average molecular weight is 352 g/mol. The zero-order chi connectivity index (χ0) is 18.4. The zero-order valence-corrected chi connectivity index (χ0v) is 15.8. The van der Waals surface area contributed by atoms with Gasteiger partial charge in [0.05, 0.1) is 12.2 Å². The average Bonchev–Trinajstić information content (AvgIpc) is 2.93. The van der Waals surface area contributed by atoms with Crippen LogP contribution in [0.25, 0.3) is 0 Å². The van der Waals surface area contributed by atoms with Crippen LogP contribution in [0, 0.1) is 0 Å². The minimum atomic E-state index is -1.07. The highest BCUT2D eigenvalue weighted by atomic mass is 16.4. The Morgan fingerprint density at radius 1 is 1.28 bits per heavy atom. The van der Waals surface area contributed by atoms with Crippen molar-refractivity contribution < 1.29 is 19.4 Å². The second-order valence-corrected chi connectivity index (χ2v) is 6.90. The number of carbonyl (C=O) groups excluding carboxylic acids is 1. The molecule has 0 bridgehead atoms. The summed E-state index contributed by atoms with van der Waals surface area (Å²) in [5.74, 6) is 1.13. The minimum Gasteiger partial charge on any atom is -0.456 e. The number of aliphatic hydroxyl groups is 2. The third-order valence-electron chi connectivity index (χ3n) is 5.22. The van der Waals surface area contributed by atoms with Crippen LogP contribution < -0.4 is 0 Å². The molecule has 1 aliphatic rings. The van der Waals surface area contributed by atoms with E-state index in [0.29, 0.717) is 38.1 Å². The molecular weight excluding hydrogens is 320 g/mol. The summed E-state index contributed by atoms with van der Waals surface area (Å²) < 4.78 is 5.86. The lowest BCUT2D eigenvalue weighted by molar-refractivity contribution is -0.0251. The van der Waals surface area contributed by atoms with Gasteiger partial charge in [-0.2, -0.15) is 0 Å². The highest BCUT2D eigenvalue weighted by molar-refractivity contribution is 5.91. The van der Waals surface area contributed by atoms with Gasteiger partial charge in [0.25, 0.3) is 5.91 Å². The summed E-state index contributed by atoms with van der Waals surface area (Å²) in [6.45, 7) is 9.74. The molecular formula is C19H32N2O4. The monoisotopic (exact) mass is 352 g/mol. The Morgan fingerprint density at radius 3 is 2.60 bits per heavy atom. The van der Waals surface area contributed by atoms with E-state index in [-0.39, 0.29) is 12.5 Å². The van der Waals surface area contributed by atoms with E-state index in [1.807, 2.05) is 13.0 Å². The first kappa shape index (κ1) is 19.9. The van der Waals surface area contributed by atoms with Crippen molar-refractivity contribution in [3.05, 3.63) is 23.2 Å². The normalized spacial score (nSPS) is 21.6. The summed E-state index contributed by atoms with van der Waals surface area (Å²) in [6, 6.07) is 1.88. The Morgan fingerprint density at radius 2 is 2.00 bits per heavy atom. The molecule has 1 aromatic rings. The molecule has 25 heavy (non-hydrogen) atoms. The third kappa shape index (κ3) is 4.84. The number of hydrogen-bond donors (Lipinski definition) is 2. The second-order valence-electron chi connectivity index (χ2n) is 6.90. The van der Waals surface area contributed by atoms with Crippen molar-refractivity contribution >= 4 is 5.91 Å². The molecule has 0 aliphatic carbocycles. The van der Waals surface area contributed by atoms with Crippen molar-refractivity contribution in [2.24, 2.45) is 0 Å². The SMILES string of the molecule is CCc1oc(C(=O)N2CCC[C@@](O)(CO)CC2)cc1CN(CC)CC. The summed E-state index contributed by atoms with van der Waals surface area (Å²) in [4.78, 5) is 16.9. The molecule has 0 saturated carbocycles. The van der Waals surface area contributed by atoms with Gasteiger partial charge in [0.1, 0.15) is 5.76 Å². The predicted molar refractivity (Wildman–Crippen MR) is 96.5 cm³/mol. The highest BCUT2D eigenvalue weighted by Gasteiger charge is 2.32. The number of aliphatic hydroxyl groups excluding tert-OH is 1. The van der Waals surface area contributed by atoms with Crippen LogP contribution in [0.15, 0.2) is 10.5 Å². The molecule has 0 spiro atoms. The Balaban J connectivity index is 2.12. The third-order valence-corrected chi connectivity index (χ3v) is 5.22. The lowest BCUT2D eigenvalue weighted by Gasteiger charge is -2.24. The number of furan rings is 1. The maximum absolute atomic E-state index is 12.8. The molecule has 2 N–H and O–H groups in total. The summed E-state index contributed by atoms with van der Waals surface area (Å²) in [6.07, 6.45) is 2.34. The van der Waals surface area contributed by atoms with Gasteiger partial charge in [0.15, 0.2) is 5.76 Å². The molecule has 0 radical (unpaired) electrons. The quantitative estimate of drug-likeness (QED) is 0.785. The van der Waals surface area contributed by atoms with E-state index in [9.17, 15) is 15.0 Å². The van der Waals surface area contributed by atoms with Crippen molar-refractivity contribution in [1.29, 1.82) is 0 Å². The minimum absolute atomic E-state index is 0.123. The number of carbonyl (C=O) groups is 1. The lowest BCUT2D eigenvalue weighted by Crippen LogP contribution is -2.36. The molecule has 1 saturated heterocycles. The van der Waals surface area contributed by atoms with E-state index in [1.165, 1.54) is 0 Å². The van der Waals surface area contributed by atoms with Crippen molar-refractivity contribution in [3.8, 4) is 0 Å². The van der Waals surface area contributed by atoms with E-state index in [1.54, 1.807) is 4.90 Å². The van der Waals surface area contributed by atoms with Gasteiger partial charge < -0.3 is 19.5 Å². The first-order chi connectivity index (χ1) is 12.0. The molecule has 0 unspecified atom stereocenters. The van der Waals surface area contributed by atoms with Gasteiger partial charge in [-0.25, -0.2) is 0 Å². The maximum Gasteiger partial charge on any atom is 0.289 e. The summed E-state index contributed by atoms with van der Waals surface area (Å²) >= 11 is 0. The van der Waals surface area contributed by atoms with Crippen LogP contribution in [0.5, 0.6) is 0 Å². The van der Waals surface area contributed by atoms with Crippen molar-refractivity contribution in [3.63, 3.8) is 0 Å². The molecule has 6 nitrogen and oxygen atoms in total. The van der Waals surface area contributed by atoms with Crippen LogP contribution in [0.4, 0.5) is 0 Å². The van der Waals surface area contributed by atoms with E-state index >= 15 is 0 Å². The molecule has 6 heteroatoms. The smallest absolute Gasteiger partial charge is 0.289 e. The van der Waals surface area contributed by atoms with Crippen LogP contribution in [0.3, 0.4) is 0 Å². The molecule has 2 rings (SSSR count). The largest absolute Gasteiger partial charge is 0.456 e. The number of likely N-dealkylation sites (tertiary alicyclic amines) is 1. The predicted octanol–water partition coefficient (Wildman–Crippen LogP) is 2.03. The number of nitrogens with zero attached hydrogens (tertiary/aromatic N) is 2.